The number of nitrogens with zero attached hydrogens (tertiary/aromatic N) is 5. The van der Waals surface area contributed by atoms with Crippen LogP contribution in [0, 0.1) is 17.9 Å². The van der Waals surface area contributed by atoms with Gasteiger partial charge in [-0.2, -0.15) is 0 Å². The van der Waals surface area contributed by atoms with Gasteiger partial charge in [0.05, 0.1) is 12.2 Å². The quantitative estimate of drug-likeness (QED) is 0.00854. The Morgan fingerprint density at radius 3 is 1.80 bits per heavy atom. The first-order valence-electron chi connectivity index (χ1n) is 22.0. The van der Waals surface area contributed by atoms with Crippen LogP contribution in [0.15, 0.2) is 69.6 Å². The Balaban J connectivity index is 0.000000632. The number of methoxy groups -OCH3 is 2. The van der Waals surface area contributed by atoms with Crippen molar-refractivity contribution in [2.45, 2.75) is 80.6 Å². The summed E-state index contributed by atoms with van der Waals surface area (Å²) in [5, 5.41) is 19.7. The van der Waals surface area contributed by atoms with E-state index in [4.69, 9.17) is 27.4 Å². The van der Waals surface area contributed by atoms with Gasteiger partial charge in [0.2, 0.25) is 29.2 Å². The van der Waals surface area contributed by atoms with Crippen molar-refractivity contribution in [1.82, 2.24) is 42.9 Å². The number of halogens is 2. The van der Waals surface area contributed by atoms with Gasteiger partial charge in [-0.15, -0.1) is 11.5 Å². The molecule has 6 N–H and O–H groups in total. The van der Waals surface area contributed by atoms with E-state index in [9.17, 15) is 28.8 Å². The number of aromatic nitrogens is 3. The van der Waals surface area contributed by atoms with Crippen molar-refractivity contribution in [2.75, 3.05) is 62.5 Å². The Kier molecular flexibility index (Phi) is 35.6. The van der Waals surface area contributed by atoms with Gasteiger partial charge in [-0.3, -0.25) is 19.2 Å². The number of hydrogen-bond donors (Lipinski definition) is 6. The number of alkyl halides is 2. The van der Waals surface area contributed by atoms with Crippen LogP contribution in [-0.2, 0) is 64.3 Å². The molecule has 3 aromatic rings. The molecule has 1 aromatic heterocycles. The first-order valence-corrected chi connectivity index (χ1v) is 30.9. The molecule has 70 heavy (non-hydrogen) atoms. The maximum absolute atomic E-state index is 12.2. The molecule has 0 saturated carbocycles. The SMILES string of the molecule is C#CCNC(=O)COC.[2H]I(CC)NC(=O)OCc1ccc(SSC(C)CNC(=O)CN=[N+]=N)cc1.[2H]I(CC)NC(=O)OCc1ccc(SSC(C)CNC(=O)Cn2cc(CCC(=O)COC)nn2)cc1. The molecule has 0 aliphatic rings. The molecule has 27 heteroatoms. The number of carbonyl (C=O) groups is 6. The average Bonchev–Trinajstić information content (AvgIpc) is 3.83. The van der Waals surface area contributed by atoms with Gasteiger partial charge in [-0.25, -0.2) is 4.68 Å². The molecule has 0 radical (unpaired) electrons. The summed E-state index contributed by atoms with van der Waals surface area (Å²) in [4.78, 5) is 73.7. The molecule has 2 aromatic carbocycles. The van der Waals surface area contributed by atoms with Crippen molar-refractivity contribution in [3.05, 3.63) is 71.5 Å². The van der Waals surface area contributed by atoms with E-state index in [1.54, 1.807) is 49.4 Å². The molecular formula is C43H64I2N11O10S4+. The van der Waals surface area contributed by atoms with Gasteiger partial charge in [0.1, 0.15) is 30.4 Å². The molecule has 0 saturated heterocycles. The summed E-state index contributed by atoms with van der Waals surface area (Å²) < 4.78 is 42.9. The van der Waals surface area contributed by atoms with Gasteiger partial charge in [-0.1, -0.05) is 11.1 Å². The fourth-order valence-corrected chi connectivity index (χ4v) is 10.2. The van der Waals surface area contributed by atoms with Crippen LogP contribution in [0.4, 0.5) is 9.59 Å². The van der Waals surface area contributed by atoms with Gasteiger partial charge >= 0.3 is 268 Å². The predicted octanol–water partition coefficient (Wildman–Crippen LogP) is 5.96. The number of benzene rings is 2. The van der Waals surface area contributed by atoms with Crippen LogP contribution in [0.3, 0.4) is 0 Å². The fraction of sp³-hybridized carbons (Fsp3) is 0.488. The number of nitrogens with one attached hydrogen (secondary N) is 6. The first kappa shape index (κ1) is 60.2. The van der Waals surface area contributed by atoms with Gasteiger partial charge in [0.25, 0.3) is 0 Å². The Morgan fingerprint density at radius 1 is 0.814 bits per heavy atom. The number of terminal acetylenes is 1. The van der Waals surface area contributed by atoms with Crippen LogP contribution in [-0.4, -0.2) is 125 Å². The normalized spacial score (nSPS) is 11.8. The summed E-state index contributed by atoms with van der Waals surface area (Å²) >= 11 is -4.22. The van der Waals surface area contributed by atoms with Gasteiger partial charge in [0, 0.05) is 33.3 Å². The predicted molar refractivity (Wildman–Crippen MR) is 294 cm³/mol. The van der Waals surface area contributed by atoms with Crippen molar-refractivity contribution in [2.24, 2.45) is 5.11 Å². The summed E-state index contributed by atoms with van der Waals surface area (Å²) in [5.74, 6) is 1.67. The average molecular weight is 1280 g/mol. The molecule has 0 bridgehead atoms. The molecule has 5 amide bonds. The number of carbonyl (C=O) groups excluding carboxylic acids is 6. The number of ether oxygens (including phenoxy) is 4. The zero-order valence-corrected chi connectivity index (χ0v) is 47.4. The molecule has 2 unspecified atom stereocenters. The van der Waals surface area contributed by atoms with Crippen LogP contribution < -0.4 is 27.9 Å². The molecule has 0 aliphatic heterocycles. The van der Waals surface area contributed by atoms with Gasteiger partial charge in [0.15, 0.2) is 5.78 Å². The zero-order valence-electron chi connectivity index (χ0n) is 41.8. The summed E-state index contributed by atoms with van der Waals surface area (Å²) in [6.45, 7) is 9.51. The summed E-state index contributed by atoms with van der Waals surface area (Å²) in [6, 6.07) is 15.4. The van der Waals surface area contributed by atoms with E-state index in [1.807, 2.05) is 76.2 Å². The molecule has 388 valence electrons. The summed E-state index contributed by atoms with van der Waals surface area (Å²) in [6.07, 6.45) is 6.28. The van der Waals surface area contributed by atoms with Crippen LogP contribution in [0.5, 0.6) is 0 Å². The van der Waals surface area contributed by atoms with E-state index in [1.165, 1.54) is 18.9 Å². The van der Waals surface area contributed by atoms with Crippen LogP contribution in [0.2, 0.25) is 0 Å². The Hall–Kier alpha value is -4.15. The molecule has 0 aliphatic carbocycles. The summed E-state index contributed by atoms with van der Waals surface area (Å²) in [7, 11) is 9.41. The van der Waals surface area contributed by atoms with Gasteiger partial charge in [-0.05, 0) is 0 Å². The van der Waals surface area contributed by atoms with E-state index in [-0.39, 0.29) is 80.1 Å². The number of Topliss-reactive ketones (excluding diaryl/α,β-unsaturated/α-hetero) is 1. The molecule has 1 heterocycles. The van der Waals surface area contributed by atoms with Crippen molar-refractivity contribution in [3.8, 4) is 12.3 Å². The van der Waals surface area contributed by atoms with Crippen LogP contribution >= 0.6 is 85.7 Å². The molecule has 21 nitrogen and oxygen atoms in total. The Labute approximate surface area is 447 Å². The topological polar surface area (TPSA) is 281 Å². The number of rotatable bonds is 30. The third kappa shape index (κ3) is 34.2. The van der Waals surface area contributed by atoms with E-state index in [0.29, 0.717) is 40.5 Å². The molecular weight excluding hydrogens is 1210 g/mol. The number of hydrogen-bond acceptors (Lipinski definition) is 18. The zero-order chi connectivity index (χ0) is 53.5. The Bertz CT molecular complexity index is 2180. The minimum absolute atomic E-state index is 0.00378. The first-order chi connectivity index (χ1) is 34.5. The monoisotopic (exact) mass is 1280 g/mol. The summed E-state index contributed by atoms with van der Waals surface area (Å²) in [5.41, 5.74) is 8.92. The van der Waals surface area contributed by atoms with E-state index >= 15 is 0 Å². The van der Waals surface area contributed by atoms with Gasteiger partial charge < -0.3 is 25.4 Å². The number of amides is 5. The van der Waals surface area contributed by atoms with Crippen LogP contribution in [0.1, 0.15) is 50.9 Å². The van der Waals surface area contributed by atoms with E-state index in [0.717, 1.165) is 20.9 Å². The molecule has 3 rings (SSSR count). The van der Waals surface area contributed by atoms with E-state index in [2.05, 4.69) is 54.0 Å². The standard InChI is InChI=1S/C22H32IN5O5S2.C15H22IN5O3S2.C6H9NO2/c1-4-23-25-22(31)33-14-17-5-9-20(10-6-17)35-34-16(2)11-24-21(30)13-28-12-18(26-27-28)7-8-19(29)15-32-3;1-3-16-20-15(23)24-10-12-4-6-13(7-5-12)26-25-11(2)8-18-14(22)9-19-21-17;1-3-4-7-6(8)5-9-2/h5-6,9-10,12,16,23H,4,7-8,11,13-15H2,1-3H3,(H,24,30)(H,25,31);4-7,11,16-17H,3,8-10H2,1-2H3,(H-,18,20,22,23);1H,4-5H2,2H3,(H,7,8)/p+1/i23D;16D;. The second-order valence-electron chi connectivity index (χ2n) is 13.7. The second kappa shape index (κ2) is 41.5. The molecule has 0 fully saturated rings. The van der Waals surface area contributed by atoms with Crippen molar-refractivity contribution >= 4 is 121 Å². The van der Waals surface area contributed by atoms with Crippen LogP contribution in [0.25, 0.3) is 0 Å². The minimum atomic E-state index is -2.12. The molecule has 2 atom stereocenters. The van der Waals surface area contributed by atoms with Crippen molar-refractivity contribution < 1.29 is 47.7 Å². The maximum atomic E-state index is 12.2. The number of ketones is 1. The van der Waals surface area contributed by atoms with E-state index < -0.39 is 54.7 Å². The number of aryl methyl sites for hydroxylation is 1. The van der Waals surface area contributed by atoms with Crippen molar-refractivity contribution in [1.29, 1.82) is 6.72 Å². The van der Waals surface area contributed by atoms with Crippen molar-refractivity contribution in [3.63, 3.8) is 0 Å². The molecule has 0 spiro atoms. The fourth-order valence-electron chi connectivity index (χ4n) is 4.46. The second-order valence-corrected chi connectivity index (χ2v) is 24.8. The third-order valence-corrected chi connectivity index (χ3v) is 16.7. The third-order valence-electron chi connectivity index (χ3n) is 7.74. The Morgan fingerprint density at radius 2 is 1.33 bits per heavy atom.